The summed E-state index contributed by atoms with van der Waals surface area (Å²) in [5.74, 6) is -0.474. The minimum Gasteiger partial charge on any atom is -0.508 e. The molecule has 15 heavy (non-hydrogen) atoms. The highest BCUT2D eigenvalue weighted by atomic mass is 35.5. The first kappa shape index (κ1) is 11.6. The predicted molar refractivity (Wildman–Crippen MR) is 58.4 cm³/mol. The third-order valence-electron chi connectivity index (χ3n) is 1.97. The number of carbonyl (C=O) groups excluding carboxylic acids is 1. The van der Waals surface area contributed by atoms with Crippen molar-refractivity contribution in [3.8, 4) is 5.75 Å². The van der Waals surface area contributed by atoms with Crippen molar-refractivity contribution >= 4 is 17.6 Å². The molecule has 0 aromatic heterocycles. The second kappa shape index (κ2) is 4.84. The van der Waals surface area contributed by atoms with E-state index in [1.54, 1.807) is 6.08 Å². The molecule has 3 nitrogen and oxygen atoms in total. The summed E-state index contributed by atoms with van der Waals surface area (Å²) >= 11 is 5.96. The maximum Gasteiger partial charge on any atom is 0.339 e. The predicted octanol–water partition coefficient (Wildman–Crippen LogP) is 2.56. The highest BCUT2D eigenvalue weighted by molar-refractivity contribution is 6.34. The van der Waals surface area contributed by atoms with Crippen molar-refractivity contribution in [1.82, 2.24) is 0 Å². The third-order valence-corrected chi connectivity index (χ3v) is 2.40. The Morgan fingerprint density at radius 2 is 2.33 bits per heavy atom. The Balaban J connectivity index is 3.27. The van der Waals surface area contributed by atoms with E-state index < -0.39 is 5.97 Å². The number of phenols is 1. The van der Waals surface area contributed by atoms with Crippen LogP contribution in [0.1, 0.15) is 15.9 Å². The van der Waals surface area contributed by atoms with Gasteiger partial charge >= 0.3 is 5.97 Å². The molecule has 80 valence electrons. The molecule has 0 fully saturated rings. The first-order chi connectivity index (χ1) is 7.11. The smallest absolute Gasteiger partial charge is 0.339 e. The molecule has 0 heterocycles. The van der Waals surface area contributed by atoms with Crippen molar-refractivity contribution in [3.63, 3.8) is 0 Å². The molecule has 0 spiro atoms. The van der Waals surface area contributed by atoms with E-state index in [4.69, 9.17) is 11.6 Å². The van der Waals surface area contributed by atoms with Crippen LogP contribution in [0.4, 0.5) is 0 Å². The fourth-order valence-corrected chi connectivity index (χ4v) is 1.53. The van der Waals surface area contributed by atoms with Gasteiger partial charge < -0.3 is 9.84 Å². The molecule has 1 aromatic rings. The van der Waals surface area contributed by atoms with E-state index in [1.807, 2.05) is 0 Å². The van der Waals surface area contributed by atoms with E-state index in [2.05, 4.69) is 11.3 Å². The summed E-state index contributed by atoms with van der Waals surface area (Å²) in [6.45, 7) is 3.55. The highest BCUT2D eigenvalue weighted by Crippen LogP contribution is 2.30. The van der Waals surface area contributed by atoms with Gasteiger partial charge in [-0.05, 0) is 18.6 Å². The molecule has 0 aliphatic rings. The van der Waals surface area contributed by atoms with Gasteiger partial charge in [-0.2, -0.15) is 0 Å². The molecule has 1 rings (SSSR count). The summed E-state index contributed by atoms with van der Waals surface area (Å²) in [6, 6.07) is 2.84. The average Bonchev–Trinajstić information content (AvgIpc) is 2.23. The Morgan fingerprint density at radius 1 is 1.67 bits per heavy atom. The number of hydrogen-bond donors (Lipinski definition) is 1. The van der Waals surface area contributed by atoms with E-state index in [0.29, 0.717) is 12.0 Å². The SMILES string of the molecule is C=CCc1c(O)ccc(C(=O)OC)c1Cl. The second-order valence-electron chi connectivity index (χ2n) is 2.91. The number of allylic oxidation sites excluding steroid dienone is 1. The monoisotopic (exact) mass is 226 g/mol. The van der Waals surface area contributed by atoms with Gasteiger partial charge in [0.25, 0.3) is 0 Å². The molecule has 0 aliphatic carbocycles. The fraction of sp³-hybridized carbons (Fsp3) is 0.182. The van der Waals surface area contributed by atoms with Gasteiger partial charge in [-0.15, -0.1) is 6.58 Å². The van der Waals surface area contributed by atoms with Gasteiger partial charge in [-0.3, -0.25) is 0 Å². The van der Waals surface area contributed by atoms with Crippen LogP contribution in [-0.4, -0.2) is 18.2 Å². The molecule has 0 atom stereocenters. The Kier molecular flexibility index (Phi) is 3.74. The van der Waals surface area contributed by atoms with Crippen LogP contribution in [0.2, 0.25) is 5.02 Å². The van der Waals surface area contributed by atoms with Crippen molar-refractivity contribution in [2.24, 2.45) is 0 Å². The molecule has 0 radical (unpaired) electrons. The lowest BCUT2D eigenvalue weighted by Crippen LogP contribution is -2.03. The Labute approximate surface area is 92.9 Å². The van der Waals surface area contributed by atoms with Gasteiger partial charge in [0.1, 0.15) is 5.75 Å². The average molecular weight is 227 g/mol. The maximum atomic E-state index is 11.3. The van der Waals surface area contributed by atoms with Gasteiger partial charge in [-0.1, -0.05) is 17.7 Å². The molecule has 0 unspecified atom stereocenters. The second-order valence-corrected chi connectivity index (χ2v) is 3.29. The van der Waals surface area contributed by atoms with Crippen LogP contribution in [0, 0.1) is 0 Å². The summed E-state index contributed by atoms with van der Waals surface area (Å²) in [5.41, 5.74) is 0.725. The maximum absolute atomic E-state index is 11.3. The summed E-state index contributed by atoms with van der Waals surface area (Å²) in [7, 11) is 1.28. The van der Waals surface area contributed by atoms with Crippen LogP contribution in [0.5, 0.6) is 5.75 Å². The van der Waals surface area contributed by atoms with Crippen LogP contribution in [0.25, 0.3) is 0 Å². The van der Waals surface area contributed by atoms with Crippen molar-refractivity contribution in [2.45, 2.75) is 6.42 Å². The largest absolute Gasteiger partial charge is 0.508 e. The van der Waals surface area contributed by atoms with E-state index in [0.717, 1.165) is 0 Å². The van der Waals surface area contributed by atoms with E-state index >= 15 is 0 Å². The topological polar surface area (TPSA) is 46.5 Å². The minimum absolute atomic E-state index is 0.0487. The first-order valence-corrected chi connectivity index (χ1v) is 4.69. The van der Waals surface area contributed by atoms with Crippen LogP contribution in [-0.2, 0) is 11.2 Å². The van der Waals surface area contributed by atoms with Gasteiger partial charge in [0.2, 0.25) is 0 Å². The molecule has 1 N–H and O–H groups in total. The lowest BCUT2D eigenvalue weighted by Gasteiger charge is -2.08. The zero-order valence-electron chi connectivity index (χ0n) is 8.29. The molecule has 0 amide bonds. The molecule has 0 aliphatic heterocycles. The lowest BCUT2D eigenvalue weighted by molar-refractivity contribution is 0.0601. The number of esters is 1. The van der Waals surface area contributed by atoms with E-state index in [9.17, 15) is 9.90 Å². The van der Waals surface area contributed by atoms with E-state index in [-0.39, 0.29) is 16.3 Å². The van der Waals surface area contributed by atoms with Crippen molar-refractivity contribution in [3.05, 3.63) is 40.9 Å². The van der Waals surface area contributed by atoms with Gasteiger partial charge in [-0.25, -0.2) is 4.79 Å². The first-order valence-electron chi connectivity index (χ1n) is 4.31. The van der Waals surface area contributed by atoms with Crippen LogP contribution < -0.4 is 0 Å². The number of halogens is 1. The number of ether oxygens (including phenoxy) is 1. The number of aromatic hydroxyl groups is 1. The van der Waals surface area contributed by atoms with Crippen LogP contribution >= 0.6 is 11.6 Å². The molecular weight excluding hydrogens is 216 g/mol. The van der Waals surface area contributed by atoms with Crippen molar-refractivity contribution in [1.29, 1.82) is 0 Å². The molecule has 0 saturated carbocycles. The summed E-state index contributed by atoms with van der Waals surface area (Å²) in [5, 5.41) is 9.73. The molecular formula is C11H11ClO3. The van der Waals surface area contributed by atoms with Crippen LogP contribution in [0.15, 0.2) is 24.8 Å². The van der Waals surface area contributed by atoms with Crippen molar-refractivity contribution in [2.75, 3.05) is 7.11 Å². The Morgan fingerprint density at radius 3 is 2.87 bits per heavy atom. The highest BCUT2D eigenvalue weighted by Gasteiger charge is 2.15. The van der Waals surface area contributed by atoms with Crippen molar-refractivity contribution < 1.29 is 14.6 Å². The molecule has 4 heteroatoms. The van der Waals surface area contributed by atoms with Gasteiger partial charge in [0, 0.05) is 5.56 Å². The van der Waals surface area contributed by atoms with Crippen LogP contribution in [0.3, 0.4) is 0 Å². The third kappa shape index (κ3) is 2.30. The quantitative estimate of drug-likeness (QED) is 0.637. The minimum atomic E-state index is -0.523. The molecule has 1 aromatic carbocycles. The summed E-state index contributed by atoms with van der Waals surface area (Å²) in [4.78, 5) is 11.3. The zero-order valence-corrected chi connectivity index (χ0v) is 9.04. The number of rotatable bonds is 3. The number of methoxy groups -OCH3 is 1. The number of phenolic OH excluding ortho intramolecular Hbond substituents is 1. The standard InChI is InChI=1S/C11H11ClO3/c1-3-4-7-9(13)6-5-8(10(7)12)11(14)15-2/h3,5-6,13H,1,4H2,2H3. The molecule has 0 saturated heterocycles. The normalized spacial score (nSPS) is 9.73. The summed E-state index contributed by atoms with van der Waals surface area (Å²) in [6.07, 6.45) is 2.00. The summed E-state index contributed by atoms with van der Waals surface area (Å²) < 4.78 is 4.56. The number of hydrogen-bond acceptors (Lipinski definition) is 3. The Hall–Kier alpha value is -1.48. The number of carbonyl (C=O) groups is 1. The molecule has 0 bridgehead atoms. The number of benzene rings is 1. The zero-order chi connectivity index (χ0) is 11.4. The fourth-order valence-electron chi connectivity index (χ4n) is 1.22. The van der Waals surface area contributed by atoms with E-state index in [1.165, 1.54) is 19.2 Å². The lowest BCUT2D eigenvalue weighted by atomic mass is 10.1. The van der Waals surface area contributed by atoms with Gasteiger partial charge in [0.15, 0.2) is 0 Å². The van der Waals surface area contributed by atoms with Gasteiger partial charge in [0.05, 0.1) is 17.7 Å². The Bertz CT molecular complexity index is 399.